The largest absolute Gasteiger partial charge is 0.466 e. The number of carbonyl (C=O) groups excluding carboxylic acids is 2. The number of hydrogen-bond donors (Lipinski definition) is 0. The fourth-order valence-corrected chi connectivity index (χ4v) is 11.4. The van der Waals surface area contributed by atoms with Gasteiger partial charge in [-0.15, -0.1) is 0 Å². The Bertz CT molecular complexity index is 1530. The molecule has 4 nitrogen and oxygen atoms in total. The maximum absolute atomic E-state index is 12.4. The number of ether oxygens (including phenoxy) is 2. The lowest BCUT2D eigenvalue weighted by molar-refractivity contribution is -0.150. The molecule has 0 unspecified atom stereocenters. The summed E-state index contributed by atoms with van der Waals surface area (Å²) in [5, 5.41) is 0. The van der Waals surface area contributed by atoms with Gasteiger partial charge in [0.25, 0.3) is 0 Å². The van der Waals surface area contributed by atoms with Gasteiger partial charge in [0, 0.05) is 12.8 Å². The van der Waals surface area contributed by atoms with Gasteiger partial charge in [-0.05, 0) is 186 Å². The van der Waals surface area contributed by atoms with E-state index in [1.165, 1.54) is 295 Å². The molecule has 0 aromatic carbocycles. The lowest BCUT2D eigenvalue weighted by Crippen LogP contribution is -2.18. The predicted molar refractivity (Wildman–Crippen MR) is 399 cm³/mol. The van der Waals surface area contributed by atoms with Crippen LogP contribution in [-0.4, -0.2) is 24.6 Å². The molecule has 0 aliphatic heterocycles. The molecule has 518 valence electrons. The van der Waals surface area contributed by atoms with Crippen molar-refractivity contribution in [3.05, 3.63) is 97.2 Å². The smallest absolute Gasteiger partial charge is 0.306 e. The summed E-state index contributed by atoms with van der Waals surface area (Å²) in [5.41, 5.74) is 0. The van der Waals surface area contributed by atoms with E-state index >= 15 is 0 Å². The number of hydrogen-bond acceptors (Lipinski definition) is 4. The highest BCUT2D eigenvalue weighted by atomic mass is 16.5. The van der Waals surface area contributed by atoms with E-state index in [0.29, 0.717) is 25.4 Å². The Morgan fingerprint density at radius 3 is 0.787 bits per heavy atom. The maximum atomic E-state index is 12.4. The van der Waals surface area contributed by atoms with Crippen LogP contribution < -0.4 is 0 Å². The van der Waals surface area contributed by atoms with Crippen molar-refractivity contribution >= 4 is 11.9 Å². The molecular weight excluding hydrogens is 1080 g/mol. The molecule has 0 saturated carbocycles. The molecule has 0 fully saturated rings. The fourth-order valence-electron chi connectivity index (χ4n) is 11.4. The van der Waals surface area contributed by atoms with Crippen LogP contribution in [0, 0.1) is 5.92 Å². The Morgan fingerprint density at radius 1 is 0.258 bits per heavy atom. The van der Waals surface area contributed by atoms with Crippen molar-refractivity contribution in [3.8, 4) is 0 Å². The first kappa shape index (κ1) is 87.9. The first-order chi connectivity index (χ1) is 44.0. The van der Waals surface area contributed by atoms with E-state index in [2.05, 4.69) is 139 Å². The number of carbonyl (C=O) groups is 2. The van der Waals surface area contributed by atoms with E-state index < -0.39 is 0 Å². The summed E-state index contributed by atoms with van der Waals surface area (Å²) in [5.74, 6) is 0.571. The van der Waals surface area contributed by atoms with Crippen molar-refractivity contribution in [3.63, 3.8) is 0 Å². The topological polar surface area (TPSA) is 52.6 Å². The normalized spacial score (nSPS) is 12.3. The van der Waals surface area contributed by atoms with Crippen molar-refractivity contribution in [1.82, 2.24) is 0 Å². The quantitative estimate of drug-likeness (QED) is 0.0346. The molecule has 0 aliphatic rings. The highest BCUT2D eigenvalue weighted by Gasteiger charge is 2.16. The van der Waals surface area contributed by atoms with Gasteiger partial charge in [-0.1, -0.05) is 319 Å². The summed E-state index contributed by atoms with van der Waals surface area (Å²) >= 11 is 0. The van der Waals surface area contributed by atoms with Crippen LogP contribution in [0.15, 0.2) is 97.2 Å². The van der Waals surface area contributed by atoms with Crippen LogP contribution >= 0.6 is 0 Å². The van der Waals surface area contributed by atoms with Gasteiger partial charge in [-0.2, -0.15) is 0 Å². The summed E-state index contributed by atoms with van der Waals surface area (Å²) in [6, 6.07) is 0. The zero-order valence-electron chi connectivity index (χ0n) is 60.7. The molecule has 0 rings (SSSR count). The Balaban J connectivity index is 0. The van der Waals surface area contributed by atoms with Crippen LogP contribution in [0.2, 0.25) is 0 Å². The van der Waals surface area contributed by atoms with E-state index in [4.69, 9.17) is 9.47 Å². The molecular formula is C85H154O4. The summed E-state index contributed by atoms with van der Waals surface area (Å²) in [4.78, 5) is 24.7. The molecule has 0 aromatic rings. The van der Waals surface area contributed by atoms with E-state index in [-0.39, 0.29) is 18.0 Å². The molecule has 0 aliphatic carbocycles. The minimum Gasteiger partial charge on any atom is -0.466 e. The van der Waals surface area contributed by atoms with Gasteiger partial charge >= 0.3 is 11.9 Å². The molecule has 0 radical (unpaired) electrons. The minimum absolute atomic E-state index is 0.0249. The van der Waals surface area contributed by atoms with Crippen LogP contribution in [0.25, 0.3) is 0 Å². The van der Waals surface area contributed by atoms with E-state index in [1.807, 2.05) is 0 Å². The first-order valence-corrected chi connectivity index (χ1v) is 39.5. The minimum atomic E-state index is 0.0249. The Morgan fingerprint density at radius 2 is 0.506 bits per heavy atom. The monoisotopic (exact) mass is 1240 g/mol. The predicted octanol–water partition coefficient (Wildman–Crippen LogP) is 29.2. The highest BCUT2D eigenvalue weighted by molar-refractivity contribution is 5.69. The molecule has 0 heterocycles. The average molecular weight is 1240 g/mol. The molecule has 0 spiro atoms. The van der Waals surface area contributed by atoms with Gasteiger partial charge in [0.05, 0.1) is 6.61 Å². The zero-order chi connectivity index (χ0) is 64.8. The molecule has 0 bridgehead atoms. The first-order valence-electron chi connectivity index (χ1n) is 39.5. The molecule has 0 saturated heterocycles. The van der Waals surface area contributed by atoms with Gasteiger partial charge < -0.3 is 9.47 Å². The third kappa shape index (κ3) is 79.0. The third-order valence-corrected chi connectivity index (χ3v) is 17.3. The fraction of sp³-hybridized carbons (Fsp3) is 0.788. The van der Waals surface area contributed by atoms with Crippen molar-refractivity contribution < 1.29 is 19.1 Å². The number of rotatable bonds is 69. The van der Waals surface area contributed by atoms with Crippen LogP contribution in [0.1, 0.15) is 414 Å². The number of unbranched alkanes of at least 4 members (excludes halogenated alkanes) is 38. The standard InChI is InChI=1S/C43H78O2.C42H76O2/c1-4-7-10-12-14-16-18-20-22-24-26-28-30-32-34-37-39-42(45-43(44)41-36-9-6-3)40-38-35-33-31-29-27-25-23-21-19-17-15-13-11-8-5-2;1-4-7-9-11-13-15-17-19-21-23-25-27-29-31-33-35-37-41(40-42(43)44-39-6-3)38-36-34-32-30-28-26-24-22-20-18-16-14-12-10-8-5-2/h14-17,20-23,42H,4-13,18-19,24-41H2,1-3H3;13-16,19-22,41H,4-12,17-18,23-40H2,1-3H3/b16-14-,17-15-,22-20-,23-21-;15-13-,16-14-,21-19-,22-20-. The lowest BCUT2D eigenvalue weighted by Gasteiger charge is -2.18. The molecule has 0 atom stereocenters. The maximum Gasteiger partial charge on any atom is 0.306 e. The summed E-state index contributed by atoms with van der Waals surface area (Å²) in [6.45, 7) is 13.9. The van der Waals surface area contributed by atoms with Gasteiger partial charge in [-0.25, -0.2) is 0 Å². The Kier molecular flexibility index (Phi) is 80.0. The molecule has 4 heteroatoms. The van der Waals surface area contributed by atoms with Crippen LogP contribution in [-0.2, 0) is 19.1 Å². The number of allylic oxidation sites excluding steroid dienone is 16. The van der Waals surface area contributed by atoms with Crippen molar-refractivity contribution in [2.75, 3.05) is 6.61 Å². The second-order valence-electron chi connectivity index (χ2n) is 26.4. The van der Waals surface area contributed by atoms with E-state index in [1.54, 1.807) is 0 Å². The van der Waals surface area contributed by atoms with Gasteiger partial charge in [-0.3, -0.25) is 9.59 Å². The van der Waals surface area contributed by atoms with Crippen LogP contribution in [0.4, 0.5) is 0 Å². The van der Waals surface area contributed by atoms with Crippen molar-refractivity contribution in [1.29, 1.82) is 0 Å². The van der Waals surface area contributed by atoms with Gasteiger partial charge in [0.2, 0.25) is 0 Å². The second-order valence-corrected chi connectivity index (χ2v) is 26.4. The summed E-state index contributed by atoms with van der Waals surface area (Å²) in [7, 11) is 0. The second kappa shape index (κ2) is 81.0. The molecule has 0 aromatic heterocycles. The van der Waals surface area contributed by atoms with E-state index in [9.17, 15) is 9.59 Å². The SMILES string of the molecule is CCCCC/C=C\C/C=C\CCCCCCCCC(CCCCCCCC/C=C\C/C=C\CCCCC)CC(=O)OCCC.CCCCC/C=C\C/C=C\CCCCCCCCC(CCCCCCCC/C=C\C/C=C\CCCCC)OC(=O)CCCCC. The third-order valence-electron chi connectivity index (χ3n) is 17.3. The Labute approximate surface area is 557 Å². The van der Waals surface area contributed by atoms with Crippen molar-refractivity contribution in [2.45, 2.75) is 420 Å². The molecule has 0 amide bonds. The Hall–Kier alpha value is -3.14. The molecule has 89 heavy (non-hydrogen) atoms. The van der Waals surface area contributed by atoms with Gasteiger partial charge in [0.1, 0.15) is 6.10 Å². The van der Waals surface area contributed by atoms with Crippen LogP contribution in [0.3, 0.4) is 0 Å². The number of esters is 2. The zero-order valence-corrected chi connectivity index (χ0v) is 60.7. The summed E-state index contributed by atoms with van der Waals surface area (Å²) < 4.78 is 11.4. The molecule has 0 N–H and O–H groups in total. The lowest BCUT2D eigenvalue weighted by atomic mass is 9.91. The van der Waals surface area contributed by atoms with Crippen LogP contribution in [0.5, 0.6) is 0 Å². The van der Waals surface area contributed by atoms with Gasteiger partial charge in [0.15, 0.2) is 0 Å². The summed E-state index contributed by atoms with van der Waals surface area (Å²) in [6.07, 6.45) is 109. The van der Waals surface area contributed by atoms with Crippen molar-refractivity contribution in [2.24, 2.45) is 5.92 Å². The van der Waals surface area contributed by atoms with E-state index in [0.717, 1.165) is 64.2 Å². The average Bonchev–Trinajstić information content (AvgIpc) is 3.58. The highest BCUT2D eigenvalue weighted by Crippen LogP contribution is 2.24.